The van der Waals surface area contributed by atoms with E-state index in [0.717, 1.165) is 12.1 Å². The van der Waals surface area contributed by atoms with Crippen LogP contribution in [0, 0.1) is 27.9 Å². The molecule has 394 valence electrons. The third kappa shape index (κ3) is 20.5. The first-order valence-electron chi connectivity index (χ1n) is 24.1. The summed E-state index contributed by atoms with van der Waals surface area (Å²) in [4.78, 5) is 117. The maximum absolute atomic E-state index is 14.1. The molecule has 23 heteroatoms. The van der Waals surface area contributed by atoms with E-state index in [4.69, 9.17) is 22.9 Å². The summed E-state index contributed by atoms with van der Waals surface area (Å²) in [7, 11) is 0. The topological polar surface area (TPSA) is 388 Å². The molecular weight excluding hydrogens is 921 g/mol. The quantitative estimate of drug-likeness (QED) is 0.0207. The number of nitro groups is 1. The number of nitro benzene ring substituents is 1. The summed E-state index contributed by atoms with van der Waals surface area (Å²) in [6.45, 7) is 11.2. The van der Waals surface area contributed by atoms with Gasteiger partial charge in [0, 0.05) is 31.3 Å². The second-order valence-corrected chi connectivity index (χ2v) is 18.3. The first kappa shape index (κ1) is 60.2. The molecule has 23 nitrogen and oxygen atoms in total. The minimum absolute atomic E-state index is 0.104. The largest absolute Gasteiger partial charge is 0.502 e. The maximum atomic E-state index is 14.1. The monoisotopic (exact) mass is 997 g/mol. The van der Waals surface area contributed by atoms with Crippen molar-refractivity contribution < 1.29 is 48.4 Å². The standard InChI is InChI=1S/C48H76N12O11/c1-7-29(6)41(42(52)63)59-48(69)40(28(4)5)58-45(66)34(17-11-12-22-49)56-47(68)39(27(2)3)57-46(67)35(55-44(65)33(51)25-30-18-20-37(61)36(26-30)60(70)71)19-21-38(62)53-23-13-8-14-24-54-43(64)31-15-9-10-16-32(31)50/h9-10,15-16,18,20,26-29,33-35,39-41,61H,7-8,11-14,17,19,21-25,49-51H2,1-6H3,(H2,52,63)(H,53,62)(H,54,64)(H,55,65)(H,56,68)(H,57,67)(H,58,66)(H,59,69)/t29?,33-,34-,35-,39-,40-,41-/m0/s1. The van der Waals surface area contributed by atoms with Gasteiger partial charge in [0.15, 0.2) is 5.75 Å². The van der Waals surface area contributed by atoms with Gasteiger partial charge in [-0.3, -0.25) is 48.5 Å². The molecule has 8 amide bonds. The van der Waals surface area contributed by atoms with Crippen molar-refractivity contribution in [1.29, 1.82) is 0 Å². The summed E-state index contributed by atoms with van der Waals surface area (Å²) in [5, 5.41) is 40.1. The maximum Gasteiger partial charge on any atom is 0.310 e. The molecule has 0 aromatic heterocycles. The molecule has 0 saturated heterocycles. The van der Waals surface area contributed by atoms with Crippen molar-refractivity contribution in [2.45, 2.75) is 142 Å². The van der Waals surface area contributed by atoms with Gasteiger partial charge in [0.2, 0.25) is 41.4 Å². The zero-order chi connectivity index (χ0) is 53.4. The van der Waals surface area contributed by atoms with Crippen LogP contribution >= 0.6 is 0 Å². The van der Waals surface area contributed by atoms with E-state index in [1.165, 1.54) is 6.07 Å². The van der Waals surface area contributed by atoms with E-state index in [9.17, 15) is 53.6 Å². The van der Waals surface area contributed by atoms with Crippen LogP contribution in [0.1, 0.15) is 115 Å². The lowest BCUT2D eigenvalue weighted by Crippen LogP contribution is -2.61. The molecular formula is C48H76N12O11. The van der Waals surface area contributed by atoms with Crippen LogP contribution < -0.4 is 60.2 Å². The number of rotatable bonds is 32. The van der Waals surface area contributed by atoms with Gasteiger partial charge in [0.05, 0.1) is 16.5 Å². The van der Waals surface area contributed by atoms with Crippen molar-refractivity contribution >= 4 is 58.6 Å². The van der Waals surface area contributed by atoms with Gasteiger partial charge in [-0.25, -0.2) is 0 Å². The highest BCUT2D eigenvalue weighted by atomic mass is 16.6. The first-order chi connectivity index (χ1) is 33.5. The van der Waals surface area contributed by atoms with Crippen molar-refractivity contribution in [2.75, 3.05) is 25.4 Å². The number of aromatic hydroxyl groups is 1. The predicted molar refractivity (Wildman–Crippen MR) is 267 cm³/mol. The number of primary amides is 1. The van der Waals surface area contributed by atoms with E-state index in [1.54, 1.807) is 58.9 Å². The summed E-state index contributed by atoms with van der Waals surface area (Å²) >= 11 is 0. The number of carbonyl (C=O) groups excluding carboxylic acids is 8. The molecule has 0 aliphatic heterocycles. The highest BCUT2D eigenvalue weighted by Gasteiger charge is 2.35. The van der Waals surface area contributed by atoms with E-state index in [1.807, 2.05) is 6.92 Å². The van der Waals surface area contributed by atoms with Crippen LogP contribution in [0.2, 0.25) is 0 Å². The molecule has 0 spiro atoms. The Morgan fingerprint density at radius 3 is 1.79 bits per heavy atom. The number of unbranched alkanes of at least 4 members (excludes halogenated alkanes) is 3. The molecule has 16 N–H and O–H groups in total. The van der Waals surface area contributed by atoms with E-state index in [-0.39, 0.29) is 49.6 Å². The van der Waals surface area contributed by atoms with Crippen LogP contribution in [0.3, 0.4) is 0 Å². The highest BCUT2D eigenvalue weighted by Crippen LogP contribution is 2.27. The van der Waals surface area contributed by atoms with Crippen molar-refractivity contribution in [3.05, 3.63) is 63.7 Å². The Hall–Kier alpha value is -6.88. The van der Waals surface area contributed by atoms with Gasteiger partial charge in [-0.05, 0) is 99.4 Å². The van der Waals surface area contributed by atoms with Crippen LogP contribution in [0.15, 0.2) is 42.5 Å². The minimum Gasteiger partial charge on any atom is -0.502 e. The van der Waals surface area contributed by atoms with Crippen LogP contribution in [0.4, 0.5) is 11.4 Å². The molecule has 0 aliphatic carbocycles. The Morgan fingerprint density at radius 1 is 0.690 bits per heavy atom. The molecule has 0 fully saturated rings. The average molecular weight is 997 g/mol. The lowest BCUT2D eigenvalue weighted by molar-refractivity contribution is -0.385. The molecule has 2 rings (SSSR count). The zero-order valence-corrected chi connectivity index (χ0v) is 41.7. The number of phenols is 1. The number of para-hydroxylation sites is 1. The van der Waals surface area contributed by atoms with Gasteiger partial charge in [-0.2, -0.15) is 0 Å². The summed E-state index contributed by atoms with van der Waals surface area (Å²) < 4.78 is 0. The lowest BCUT2D eigenvalue weighted by atomic mass is 9.96. The number of phenolic OH excluding ortho intramolecular Hbond substituents is 1. The Balaban J connectivity index is 2.25. The normalized spacial score (nSPS) is 14.1. The van der Waals surface area contributed by atoms with Gasteiger partial charge in [-0.1, -0.05) is 66.2 Å². The third-order valence-electron chi connectivity index (χ3n) is 11.9. The summed E-state index contributed by atoms with van der Waals surface area (Å²) in [6.07, 6.45) is 2.65. The molecule has 2 aromatic rings. The van der Waals surface area contributed by atoms with Crippen molar-refractivity contribution in [1.82, 2.24) is 37.2 Å². The Labute approximate surface area is 415 Å². The number of amides is 8. The number of carbonyl (C=O) groups is 8. The van der Waals surface area contributed by atoms with E-state index in [0.29, 0.717) is 62.9 Å². The Bertz CT molecular complexity index is 2140. The number of benzene rings is 2. The fourth-order valence-corrected chi connectivity index (χ4v) is 7.33. The van der Waals surface area contributed by atoms with E-state index >= 15 is 0 Å². The van der Waals surface area contributed by atoms with Crippen molar-refractivity contribution in [3.8, 4) is 5.75 Å². The molecule has 0 saturated carbocycles. The fraction of sp³-hybridized carbons (Fsp3) is 0.583. The predicted octanol–water partition coefficient (Wildman–Crippen LogP) is 0.645. The molecule has 2 aromatic carbocycles. The number of hydrogen-bond acceptors (Lipinski definition) is 14. The third-order valence-corrected chi connectivity index (χ3v) is 11.9. The molecule has 1 unspecified atom stereocenters. The average Bonchev–Trinajstić information content (AvgIpc) is 3.31. The van der Waals surface area contributed by atoms with Crippen molar-refractivity contribution in [2.24, 2.45) is 35.0 Å². The fourth-order valence-electron chi connectivity index (χ4n) is 7.33. The Morgan fingerprint density at radius 2 is 1.24 bits per heavy atom. The highest BCUT2D eigenvalue weighted by molar-refractivity contribution is 5.99. The number of nitrogens with one attached hydrogen (secondary N) is 7. The second-order valence-electron chi connectivity index (χ2n) is 18.3. The van der Waals surface area contributed by atoms with Crippen LogP contribution in [-0.4, -0.2) is 113 Å². The molecule has 0 aliphatic rings. The SMILES string of the molecule is CCC(C)[C@H](NC(=O)[C@@H](NC(=O)[C@H](CCCCN)NC(=O)[C@@H](NC(=O)[C@H](CCC(=O)NCCCCCNC(=O)c1ccccc1N)NC(=O)[C@@H](N)Cc1ccc(O)c([N+](=O)[O-])c1)C(C)C)C(C)C)C(N)=O. The number of nitrogens with zero attached hydrogens (tertiary/aromatic N) is 1. The van der Waals surface area contributed by atoms with Gasteiger partial charge in [0.1, 0.15) is 30.2 Å². The van der Waals surface area contributed by atoms with Crippen molar-refractivity contribution in [3.63, 3.8) is 0 Å². The summed E-state index contributed by atoms with van der Waals surface area (Å²) in [6, 6.07) is 2.80. The molecule has 71 heavy (non-hydrogen) atoms. The van der Waals surface area contributed by atoms with Gasteiger partial charge < -0.3 is 65.3 Å². The molecule has 0 heterocycles. The zero-order valence-electron chi connectivity index (χ0n) is 41.7. The smallest absolute Gasteiger partial charge is 0.310 e. The second kappa shape index (κ2) is 30.7. The first-order valence-corrected chi connectivity index (χ1v) is 24.1. The number of anilines is 1. The molecule has 0 bridgehead atoms. The summed E-state index contributed by atoms with van der Waals surface area (Å²) in [5.74, 6) is -7.25. The van der Waals surface area contributed by atoms with Crippen LogP contribution in [-0.2, 0) is 40.0 Å². The Kier molecular flexibility index (Phi) is 26.0. The van der Waals surface area contributed by atoms with Crippen LogP contribution in [0.25, 0.3) is 0 Å². The van der Waals surface area contributed by atoms with Gasteiger partial charge in [-0.15, -0.1) is 0 Å². The van der Waals surface area contributed by atoms with E-state index in [2.05, 4.69) is 37.2 Å². The number of nitrogen functional groups attached to an aromatic ring is 1. The molecule has 7 atom stereocenters. The van der Waals surface area contributed by atoms with E-state index < -0.39 is 106 Å². The molecule has 0 radical (unpaired) electrons. The number of hydrogen-bond donors (Lipinski definition) is 12. The van der Waals surface area contributed by atoms with Crippen LogP contribution in [0.5, 0.6) is 5.75 Å². The van der Waals surface area contributed by atoms with Gasteiger partial charge in [0.25, 0.3) is 5.91 Å². The minimum atomic E-state index is -1.43. The van der Waals surface area contributed by atoms with Gasteiger partial charge >= 0.3 is 5.69 Å². The summed E-state index contributed by atoms with van der Waals surface area (Å²) in [5.41, 5.74) is 23.8. The number of nitrogens with two attached hydrogens (primary N) is 4. The lowest BCUT2D eigenvalue weighted by Gasteiger charge is -2.30.